The quantitative estimate of drug-likeness (QED) is 0.842. The molecule has 20 heavy (non-hydrogen) atoms. The fourth-order valence-corrected chi connectivity index (χ4v) is 2.31. The zero-order valence-corrected chi connectivity index (χ0v) is 12.8. The number of ether oxygens (including phenoxy) is 1. The Morgan fingerprint density at radius 3 is 2.65 bits per heavy atom. The summed E-state index contributed by atoms with van der Waals surface area (Å²) in [5, 5.41) is 0. The van der Waals surface area contributed by atoms with Crippen LogP contribution in [0.4, 0.5) is 0 Å². The van der Waals surface area contributed by atoms with Crippen molar-refractivity contribution in [3.05, 3.63) is 23.7 Å². The van der Waals surface area contributed by atoms with Crippen molar-refractivity contribution in [1.29, 1.82) is 0 Å². The maximum absolute atomic E-state index is 12.1. The van der Waals surface area contributed by atoms with E-state index in [0.717, 1.165) is 11.5 Å². The zero-order valence-electron chi connectivity index (χ0n) is 12.8. The zero-order chi connectivity index (χ0) is 14.9. The fraction of sp³-hybridized carbons (Fsp3) is 0.688. The van der Waals surface area contributed by atoms with E-state index in [4.69, 9.17) is 14.9 Å². The number of furan rings is 1. The van der Waals surface area contributed by atoms with Gasteiger partial charge >= 0.3 is 5.97 Å². The van der Waals surface area contributed by atoms with Crippen LogP contribution in [0.1, 0.15) is 51.6 Å². The van der Waals surface area contributed by atoms with Gasteiger partial charge < -0.3 is 14.9 Å². The molecular weight excluding hydrogens is 254 g/mol. The third-order valence-corrected chi connectivity index (χ3v) is 3.63. The Bertz CT molecular complexity index is 472. The molecule has 112 valence electrons. The third kappa shape index (κ3) is 3.85. The Morgan fingerprint density at radius 1 is 1.50 bits per heavy atom. The molecule has 0 bridgehead atoms. The summed E-state index contributed by atoms with van der Waals surface area (Å²) < 4.78 is 11.2. The Labute approximate surface area is 120 Å². The van der Waals surface area contributed by atoms with Crippen LogP contribution in [0, 0.1) is 11.8 Å². The highest BCUT2D eigenvalue weighted by molar-refractivity contribution is 5.73. The molecule has 1 heterocycles. The molecule has 1 aromatic rings. The number of rotatable bonds is 5. The van der Waals surface area contributed by atoms with Gasteiger partial charge in [-0.25, -0.2) is 0 Å². The Hall–Kier alpha value is -1.29. The Morgan fingerprint density at radius 2 is 2.15 bits per heavy atom. The molecule has 1 aliphatic rings. The molecular formula is C16H25NO3. The van der Waals surface area contributed by atoms with Gasteiger partial charge in [0.2, 0.25) is 0 Å². The predicted octanol–water partition coefficient (Wildman–Crippen LogP) is 2.86. The molecule has 1 saturated carbocycles. The average Bonchev–Trinajstić information content (AvgIpc) is 2.88. The van der Waals surface area contributed by atoms with E-state index in [0.29, 0.717) is 18.3 Å². The molecule has 0 aliphatic heterocycles. The average molecular weight is 279 g/mol. The summed E-state index contributed by atoms with van der Waals surface area (Å²) in [6.07, 6.45) is 1.70. The van der Waals surface area contributed by atoms with Gasteiger partial charge in [-0.05, 0) is 45.2 Å². The van der Waals surface area contributed by atoms with E-state index in [1.54, 1.807) is 0 Å². The number of carbonyl (C=O) groups excluding carboxylic acids is 1. The highest BCUT2D eigenvalue weighted by atomic mass is 16.6. The van der Waals surface area contributed by atoms with Gasteiger partial charge in [0.25, 0.3) is 0 Å². The molecule has 3 atom stereocenters. The molecule has 3 unspecified atom stereocenters. The first-order chi connectivity index (χ1) is 9.30. The van der Waals surface area contributed by atoms with Crippen molar-refractivity contribution in [1.82, 2.24) is 0 Å². The molecule has 0 radical (unpaired) electrons. The first kappa shape index (κ1) is 15.1. The van der Waals surface area contributed by atoms with Crippen LogP contribution < -0.4 is 5.73 Å². The summed E-state index contributed by atoms with van der Waals surface area (Å²) in [6, 6.07) is 3.97. The van der Waals surface area contributed by atoms with Gasteiger partial charge in [-0.3, -0.25) is 4.79 Å². The number of hydrogen-bond acceptors (Lipinski definition) is 4. The van der Waals surface area contributed by atoms with E-state index in [2.05, 4.69) is 6.92 Å². The summed E-state index contributed by atoms with van der Waals surface area (Å²) >= 11 is 0. The second-order valence-electron chi connectivity index (χ2n) is 6.79. The first-order valence-corrected chi connectivity index (χ1v) is 7.31. The van der Waals surface area contributed by atoms with Crippen LogP contribution in [0.2, 0.25) is 0 Å². The summed E-state index contributed by atoms with van der Waals surface area (Å²) in [5.41, 5.74) is 5.22. The monoisotopic (exact) mass is 279 g/mol. The minimum absolute atomic E-state index is 0.252. The Kier molecular flexibility index (Phi) is 4.23. The van der Waals surface area contributed by atoms with Crippen LogP contribution in [0.25, 0.3) is 0 Å². The normalized spacial score (nSPS) is 23.4. The number of nitrogens with two attached hydrogens (primary N) is 1. The van der Waals surface area contributed by atoms with E-state index in [9.17, 15) is 4.79 Å². The molecule has 0 amide bonds. The van der Waals surface area contributed by atoms with Crippen molar-refractivity contribution in [2.75, 3.05) is 6.54 Å². The van der Waals surface area contributed by atoms with E-state index in [-0.39, 0.29) is 18.4 Å². The van der Waals surface area contributed by atoms with Crippen molar-refractivity contribution in [2.24, 2.45) is 17.6 Å². The van der Waals surface area contributed by atoms with Crippen LogP contribution in [0.15, 0.2) is 16.5 Å². The summed E-state index contributed by atoms with van der Waals surface area (Å²) in [7, 11) is 0. The molecule has 2 rings (SSSR count). The topological polar surface area (TPSA) is 65.5 Å². The SMILES string of the molecule is CC1CC1c1ccc(CC(CN)C(=O)OC(C)(C)C)o1. The fourth-order valence-electron chi connectivity index (χ4n) is 2.31. The highest BCUT2D eigenvalue weighted by Crippen LogP contribution is 2.47. The molecule has 1 aromatic heterocycles. The van der Waals surface area contributed by atoms with E-state index in [1.807, 2.05) is 32.9 Å². The largest absolute Gasteiger partial charge is 0.466 e. The van der Waals surface area contributed by atoms with Gasteiger partial charge in [-0.15, -0.1) is 0 Å². The summed E-state index contributed by atoms with van der Waals surface area (Å²) in [6.45, 7) is 8.06. The molecule has 4 nitrogen and oxygen atoms in total. The standard InChI is InChI=1S/C16H25NO3/c1-10-7-13(10)14-6-5-12(19-14)8-11(9-17)15(18)20-16(2,3)4/h5-6,10-11,13H,7-9,17H2,1-4H3. The van der Waals surface area contributed by atoms with Crippen LogP contribution in [0.5, 0.6) is 0 Å². The lowest BCUT2D eigenvalue weighted by molar-refractivity contribution is -0.159. The van der Waals surface area contributed by atoms with Gasteiger partial charge in [-0.1, -0.05) is 6.92 Å². The van der Waals surface area contributed by atoms with Gasteiger partial charge in [0, 0.05) is 18.9 Å². The maximum Gasteiger partial charge on any atom is 0.311 e. The first-order valence-electron chi connectivity index (χ1n) is 7.31. The minimum Gasteiger partial charge on any atom is -0.466 e. The third-order valence-electron chi connectivity index (χ3n) is 3.63. The second-order valence-corrected chi connectivity index (χ2v) is 6.79. The molecule has 0 saturated heterocycles. The predicted molar refractivity (Wildman–Crippen MR) is 77.3 cm³/mol. The van der Waals surface area contributed by atoms with Crippen LogP contribution in [-0.4, -0.2) is 18.1 Å². The smallest absolute Gasteiger partial charge is 0.311 e. The molecule has 0 aromatic carbocycles. The van der Waals surface area contributed by atoms with Crippen LogP contribution in [0.3, 0.4) is 0 Å². The van der Waals surface area contributed by atoms with E-state index < -0.39 is 5.60 Å². The molecule has 1 aliphatic carbocycles. The molecule has 4 heteroatoms. The molecule has 0 spiro atoms. The minimum atomic E-state index is -0.484. The van der Waals surface area contributed by atoms with Gasteiger partial charge in [0.1, 0.15) is 17.1 Å². The van der Waals surface area contributed by atoms with Crippen molar-refractivity contribution in [3.8, 4) is 0 Å². The molecule has 2 N–H and O–H groups in total. The van der Waals surface area contributed by atoms with E-state index >= 15 is 0 Å². The number of hydrogen-bond donors (Lipinski definition) is 1. The summed E-state index contributed by atoms with van der Waals surface area (Å²) in [5.74, 6) is 2.53. The van der Waals surface area contributed by atoms with Crippen molar-refractivity contribution in [2.45, 2.75) is 52.1 Å². The lowest BCUT2D eigenvalue weighted by Gasteiger charge is -2.22. The number of carbonyl (C=O) groups is 1. The van der Waals surface area contributed by atoms with Crippen molar-refractivity contribution >= 4 is 5.97 Å². The molecule has 1 fully saturated rings. The Balaban J connectivity index is 1.95. The maximum atomic E-state index is 12.1. The van der Waals surface area contributed by atoms with Gasteiger partial charge in [0.15, 0.2) is 0 Å². The van der Waals surface area contributed by atoms with Crippen LogP contribution >= 0.6 is 0 Å². The van der Waals surface area contributed by atoms with Crippen molar-refractivity contribution < 1.29 is 13.9 Å². The van der Waals surface area contributed by atoms with E-state index in [1.165, 1.54) is 6.42 Å². The second kappa shape index (κ2) is 5.60. The highest BCUT2D eigenvalue weighted by Gasteiger charge is 2.36. The van der Waals surface area contributed by atoms with Gasteiger partial charge in [0.05, 0.1) is 5.92 Å². The number of esters is 1. The van der Waals surface area contributed by atoms with Gasteiger partial charge in [-0.2, -0.15) is 0 Å². The van der Waals surface area contributed by atoms with Crippen LogP contribution in [-0.2, 0) is 16.0 Å². The summed E-state index contributed by atoms with van der Waals surface area (Å²) in [4.78, 5) is 12.1. The van der Waals surface area contributed by atoms with Crippen molar-refractivity contribution in [3.63, 3.8) is 0 Å². The lowest BCUT2D eigenvalue weighted by Crippen LogP contribution is -2.33. The lowest BCUT2D eigenvalue weighted by atomic mass is 10.0.